The van der Waals surface area contributed by atoms with Gasteiger partial charge in [-0.2, -0.15) is 13.9 Å². The molecule has 1 unspecified atom stereocenters. The minimum atomic E-state index is -3.44. The van der Waals surface area contributed by atoms with Gasteiger partial charge < -0.3 is 19.7 Å². The standard InChI is InChI=1S/C29H33F2N5O3/c1-18-14-23(27-33-19(2)26(36(27)34-18)21-10-11-24(38-3)25(15-21)39-4)35-13-12-20(17-35)16-32-28(37)29(30,31)22-8-6-5-7-9-22/h5-8,10-11,14-15,20,22H,9,12-13,16-17H2,1-4H3,(H,32,37)/t20-,22?/m0/s1. The van der Waals surface area contributed by atoms with Gasteiger partial charge in [-0.3, -0.25) is 4.79 Å². The number of carbonyl (C=O) groups is 1. The minimum Gasteiger partial charge on any atom is -0.493 e. The number of alkyl halides is 2. The highest BCUT2D eigenvalue weighted by Crippen LogP contribution is 2.36. The molecule has 1 saturated heterocycles. The molecule has 2 aromatic heterocycles. The number of rotatable bonds is 8. The maximum atomic E-state index is 14.7. The molecule has 2 aliphatic rings. The summed E-state index contributed by atoms with van der Waals surface area (Å²) in [4.78, 5) is 19.4. The summed E-state index contributed by atoms with van der Waals surface area (Å²) in [7, 11) is 3.20. The molecule has 8 nitrogen and oxygen atoms in total. The number of ether oxygens (including phenoxy) is 2. The molecule has 1 amide bonds. The van der Waals surface area contributed by atoms with Crippen LogP contribution in [0.25, 0.3) is 16.9 Å². The number of carbonyl (C=O) groups excluding carboxylic acids is 1. The van der Waals surface area contributed by atoms with Crippen LogP contribution in [-0.4, -0.2) is 60.3 Å². The Morgan fingerprint density at radius 2 is 1.95 bits per heavy atom. The molecule has 2 atom stereocenters. The first-order valence-corrected chi connectivity index (χ1v) is 13.1. The zero-order chi connectivity index (χ0) is 27.7. The van der Waals surface area contributed by atoms with Gasteiger partial charge in [-0.25, -0.2) is 9.50 Å². The molecular weight excluding hydrogens is 504 g/mol. The Hall–Kier alpha value is -3.95. The second-order valence-electron chi connectivity index (χ2n) is 10.1. The van der Waals surface area contributed by atoms with E-state index in [1.807, 2.05) is 42.6 Å². The average Bonchev–Trinajstić information content (AvgIpc) is 3.55. The van der Waals surface area contributed by atoms with Gasteiger partial charge in [0.15, 0.2) is 17.1 Å². The van der Waals surface area contributed by atoms with E-state index in [-0.39, 0.29) is 18.9 Å². The third-order valence-corrected chi connectivity index (χ3v) is 7.45. The molecule has 206 valence electrons. The first kappa shape index (κ1) is 26.6. The number of amides is 1. The van der Waals surface area contributed by atoms with Gasteiger partial charge in [0.2, 0.25) is 0 Å². The number of imidazole rings is 1. The molecule has 1 aliphatic heterocycles. The molecule has 0 spiro atoms. The molecule has 1 N–H and O–H groups in total. The first-order chi connectivity index (χ1) is 18.7. The molecule has 39 heavy (non-hydrogen) atoms. The molecule has 0 saturated carbocycles. The number of nitrogens with zero attached hydrogens (tertiary/aromatic N) is 4. The number of hydrogen-bond donors (Lipinski definition) is 1. The average molecular weight is 538 g/mol. The number of hydrogen-bond acceptors (Lipinski definition) is 6. The van der Waals surface area contributed by atoms with E-state index in [4.69, 9.17) is 19.6 Å². The van der Waals surface area contributed by atoms with Crippen molar-refractivity contribution in [1.82, 2.24) is 19.9 Å². The van der Waals surface area contributed by atoms with Crippen LogP contribution in [0, 0.1) is 25.7 Å². The highest BCUT2D eigenvalue weighted by atomic mass is 19.3. The third-order valence-electron chi connectivity index (χ3n) is 7.45. The van der Waals surface area contributed by atoms with Crippen molar-refractivity contribution in [1.29, 1.82) is 0 Å². The first-order valence-electron chi connectivity index (χ1n) is 13.1. The fraction of sp³-hybridized carbons (Fsp3) is 0.414. The molecule has 1 fully saturated rings. The number of nitrogens with one attached hydrogen (secondary N) is 1. The molecule has 3 heterocycles. The summed E-state index contributed by atoms with van der Waals surface area (Å²) in [6, 6.07) is 7.71. The lowest BCUT2D eigenvalue weighted by Crippen LogP contribution is -2.46. The van der Waals surface area contributed by atoms with Crippen molar-refractivity contribution in [3.05, 3.63) is 60.0 Å². The molecule has 3 aromatic rings. The van der Waals surface area contributed by atoms with Crippen LogP contribution in [0.2, 0.25) is 0 Å². The van der Waals surface area contributed by atoms with Gasteiger partial charge >= 0.3 is 5.92 Å². The summed E-state index contributed by atoms with van der Waals surface area (Å²) in [5.41, 5.74) is 5.04. The quantitative estimate of drug-likeness (QED) is 0.447. The van der Waals surface area contributed by atoms with E-state index in [0.29, 0.717) is 18.0 Å². The molecule has 10 heteroatoms. The number of fused-ring (bicyclic) bond motifs is 1. The minimum absolute atomic E-state index is 0.0430. The summed E-state index contributed by atoms with van der Waals surface area (Å²) in [5.74, 6) is -4.47. The number of benzene rings is 1. The second-order valence-corrected chi connectivity index (χ2v) is 10.1. The Labute approximate surface area is 226 Å². The lowest BCUT2D eigenvalue weighted by molar-refractivity contribution is -0.151. The maximum Gasteiger partial charge on any atom is 0.330 e. The van der Waals surface area contributed by atoms with Crippen LogP contribution in [0.15, 0.2) is 48.6 Å². The van der Waals surface area contributed by atoms with Crippen molar-refractivity contribution < 1.29 is 23.0 Å². The number of anilines is 1. The summed E-state index contributed by atoms with van der Waals surface area (Å²) >= 11 is 0. The van der Waals surface area contributed by atoms with Crippen LogP contribution >= 0.6 is 0 Å². The SMILES string of the molecule is COc1ccc(-c2c(C)nc3c(N4CC[C@@H](CNC(=O)C(F)(F)C5C=CC=CC5)C4)cc(C)nn23)cc1OC. The van der Waals surface area contributed by atoms with Gasteiger partial charge in [0, 0.05) is 25.2 Å². The highest BCUT2D eigenvalue weighted by molar-refractivity contribution is 5.84. The number of aryl methyl sites for hydroxylation is 2. The molecule has 0 bridgehead atoms. The zero-order valence-corrected chi connectivity index (χ0v) is 22.6. The van der Waals surface area contributed by atoms with Crippen molar-refractivity contribution in [2.45, 2.75) is 32.6 Å². The normalized spacial score (nSPS) is 19.1. The van der Waals surface area contributed by atoms with E-state index in [2.05, 4.69) is 10.2 Å². The fourth-order valence-electron chi connectivity index (χ4n) is 5.37. The largest absolute Gasteiger partial charge is 0.493 e. The van der Waals surface area contributed by atoms with E-state index in [1.54, 1.807) is 32.4 Å². The molecule has 0 radical (unpaired) electrons. The zero-order valence-electron chi connectivity index (χ0n) is 22.6. The number of allylic oxidation sites excluding steroid dienone is 4. The van der Waals surface area contributed by atoms with Gasteiger partial charge in [0.05, 0.1) is 42.9 Å². The summed E-state index contributed by atoms with van der Waals surface area (Å²) in [5, 5.41) is 7.27. The van der Waals surface area contributed by atoms with E-state index >= 15 is 0 Å². The summed E-state index contributed by atoms with van der Waals surface area (Å²) in [6.07, 6.45) is 7.26. The second kappa shape index (κ2) is 10.7. The number of halogens is 2. The highest BCUT2D eigenvalue weighted by Gasteiger charge is 2.45. The molecule has 5 rings (SSSR count). The number of aromatic nitrogens is 3. The van der Waals surface area contributed by atoms with Crippen LogP contribution in [-0.2, 0) is 4.79 Å². The maximum absolute atomic E-state index is 14.7. The number of methoxy groups -OCH3 is 2. The lowest BCUT2D eigenvalue weighted by Gasteiger charge is -2.24. The topological polar surface area (TPSA) is 81.0 Å². The van der Waals surface area contributed by atoms with Crippen LogP contribution in [0.5, 0.6) is 11.5 Å². The van der Waals surface area contributed by atoms with Crippen LogP contribution in [0.1, 0.15) is 24.2 Å². The van der Waals surface area contributed by atoms with Crippen LogP contribution < -0.4 is 19.7 Å². The fourth-order valence-corrected chi connectivity index (χ4v) is 5.37. The Morgan fingerprint density at radius 3 is 2.67 bits per heavy atom. The molecule has 1 aliphatic carbocycles. The predicted molar refractivity (Wildman–Crippen MR) is 146 cm³/mol. The van der Waals surface area contributed by atoms with Crippen LogP contribution in [0.3, 0.4) is 0 Å². The van der Waals surface area contributed by atoms with E-state index < -0.39 is 17.7 Å². The van der Waals surface area contributed by atoms with Crippen molar-refractivity contribution >= 4 is 17.2 Å². The molecular formula is C29H33F2N5O3. The third kappa shape index (κ3) is 5.07. The van der Waals surface area contributed by atoms with Gasteiger partial charge in [-0.15, -0.1) is 0 Å². The van der Waals surface area contributed by atoms with Gasteiger partial charge in [0.1, 0.15) is 0 Å². The summed E-state index contributed by atoms with van der Waals surface area (Å²) in [6.45, 7) is 5.42. The smallest absolute Gasteiger partial charge is 0.330 e. The van der Waals surface area contributed by atoms with Gasteiger partial charge in [-0.1, -0.05) is 24.3 Å². The Kier molecular flexibility index (Phi) is 7.29. The van der Waals surface area contributed by atoms with E-state index in [9.17, 15) is 13.6 Å². The Bertz CT molecular complexity index is 1450. The Balaban J connectivity index is 1.34. The van der Waals surface area contributed by atoms with Gasteiger partial charge in [-0.05, 0) is 56.9 Å². The predicted octanol–water partition coefficient (Wildman–Crippen LogP) is 4.74. The lowest BCUT2D eigenvalue weighted by atomic mass is 9.93. The van der Waals surface area contributed by atoms with Crippen molar-refractivity contribution in [3.8, 4) is 22.8 Å². The van der Waals surface area contributed by atoms with Gasteiger partial charge in [0.25, 0.3) is 5.91 Å². The van der Waals surface area contributed by atoms with Crippen molar-refractivity contribution in [3.63, 3.8) is 0 Å². The van der Waals surface area contributed by atoms with Crippen LogP contribution in [0.4, 0.5) is 14.5 Å². The van der Waals surface area contributed by atoms with Crippen molar-refractivity contribution in [2.75, 3.05) is 38.8 Å². The van der Waals surface area contributed by atoms with Crippen molar-refractivity contribution in [2.24, 2.45) is 11.8 Å². The van der Waals surface area contributed by atoms with E-state index in [0.717, 1.165) is 46.9 Å². The summed E-state index contributed by atoms with van der Waals surface area (Å²) < 4.78 is 42.1. The molecule has 1 aromatic carbocycles. The monoisotopic (exact) mass is 537 g/mol. The Morgan fingerprint density at radius 1 is 1.15 bits per heavy atom. The van der Waals surface area contributed by atoms with E-state index in [1.165, 1.54) is 6.08 Å².